The van der Waals surface area contributed by atoms with E-state index < -0.39 is 0 Å². The maximum absolute atomic E-state index is 2.47. The number of fused-ring (bicyclic) bond motifs is 3. The standard InChI is InChI=1S/C53H39N/c1-53(2)48-21-11-19-41-29-34-46(43-24-23-38-17-9-10-18-42(38)35-43)51(50(41)48)47-20-12-22-49(52(47)53)54(44-30-25-39(26-31-44)36-13-5-3-6-14-36)45-32-27-40(28-33-45)37-15-7-4-8-16-37/h3-35H,1-2H3. The first-order chi connectivity index (χ1) is 26.5. The van der Waals surface area contributed by atoms with Gasteiger partial charge in [0.25, 0.3) is 0 Å². The van der Waals surface area contributed by atoms with Crippen LogP contribution in [-0.4, -0.2) is 0 Å². The zero-order valence-corrected chi connectivity index (χ0v) is 30.5. The molecule has 1 nitrogen and oxygen atoms in total. The molecule has 0 heterocycles. The van der Waals surface area contributed by atoms with Crippen LogP contribution < -0.4 is 4.90 Å². The van der Waals surface area contributed by atoms with Gasteiger partial charge in [0.05, 0.1) is 5.69 Å². The molecule has 0 bridgehead atoms. The second kappa shape index (κ2) is 12.8. The van der Waals surface area contributed by atoms with E-state index in [1.807, 2.05) is 0 Å². The Morgan fingerprint density at radius 1 is 0.370 bits per heavy atom. The van der Waals surface area contributed by atoms with Crippen molar-refractivity contribution in [1.82, 2.24) is 0 Å². The second-order valence-corrected chi connectivity index (χ2v) is 14.9. The molecule has 0 atom stereocenters. The van der Waals surface area contributed by atoms with E-state index in [4.69, 9.17) is 0 Å². The van der Waals surface area contributed by atoms with Gasteiger partial charge in [-0.2, -0.15) is 0 Å². The van der Waals surface area contributed by atoms with Crippen LogP contribution in [0, 0.1) is 0 Å². The predicted molar refractivity (Wildman–Crippen MR) is 230 cm³/mol. The van der Waals surface area contributed by atoms with Crippen LogP contribution >= 0.6 is 0 Å². The van der Waals surface area contributed by atoms with E-state index in [-0.39, 0.29) is 5.41 Å². The van der Waals surface area contributed by atoms with Crippen LogP contribution in [0.15, 0.2) is 200 Å². The molecule has 0 fully saturated rings. The molecule has 0 unspecified atom stereocenters. The molecule has 10 rings (SSSR count). The fourth-order valence-electron chi connectivity index (χ4n) is 8.80. The van der Waals surface area contributed by atoms with Crippen LogP contribution in [-0.2, 0) is 5.41 Å². The highest BCUT2D eigenvalue weighted by Gasteiger charge is 2.38. The highest BCUT2D eigenvalue weighted by Crippen LogP contribution is 2.56. The summed E-state index contributed by atoms with van der Waals surface area (Å²) < 4.78 is 0. The smallest absolute Gasteiger partial charge is 0.0508 e. The largest absolute Gasteiger partial charge is 0.310 e. The average molecular weight is 690 g/mol. The van der Waals surface area contributed by atoms with Crippen molar-refractivity contribution in [2.75, 3.05) is 4.90 Å². The Morgan fingerprint density at radius 3 is 1.54 bits per heavy atom. The van der Waals surface area contributed by atoms with Crippen molar-refractivity contribution in [1.29, 1.82) is 0 Å². The van der Waals surface area contributed by atoms with Gasteiger partial charge >= 0.3 is 0 Å². The molecule has 0 aromatic heterocycles. The van der Waals surface area contributed by atoms with E-state index in [0.717, 1.165) is 11.4 Å². The van der Waals surface area contributed by atoms with E-state index in [2.05, 4.69) is 219 Å². The van der Waals surface area contributed by atoms with E-state index >= 15 is 0 Å². The Bertz CT molecular complexity index is 2730. The van der Waals surface area contributed by atoms with E-state index in [9.17, 15) is 0 Å². The quantitative estimate of drug-likeness (QED) is 0.168. The minimum atomic E-state index is -0.285. The van der Waals surface area contributed by atoms with Crippen LogP contribution in [0.25, 0.3) is 66.1 Å². The number of benzene rings is 9. The molecule has 256 valence electrons. The molecule has 0 saturated heterocycles. The summed E-state index contributed by atoms with van der Waals surface area (Å²) in [5, 5.41) is 5.14. The molecule has 0 radical (unpaired) electrons. The molecule has 0 amide bonds. The van der Waals surface area contributed by atoms with Gasteiger partial charge in [-0.25, -0.2) is 0 Å². The Balaban J connectivity index is 1.21. The van der Waals surface area contributed by atoms with Crippen molar-refractivity contribution in [2.45, 2.75) is 19.3 Å². The monoisotopic (exact) mass is 689 g/mol. The van der Waals surface area contributed by atoms with Crippen molar-refractivity contribution in [2.24, 2.45) is 0 Å². The molecule has 0 N–H and O–H groups in total. The first-order valence-corrected chi connectivity index (χ1v) is 18.8. The van der Waals surface area contributed by atoms with Gasteiger partial charge in [-0.05, 0) is 114 Å². The van der Waals surface area contributed by atoms with Gasteiger partial charge in [-0.1, -0.05) is 178 Å². The maximum Gasteiger partial charge on any atom is 0.0508 e. The summed E-state index contributed by atoms with van der Waals surface area (Å²) in [5.41, 5.74) is 15.8. The first-order valence-electron chi connectivity index (χ1n) is 18.8. The fraction of sp³-hybridized carbons (Fsp3) is 0.0566. The van der Waals surface area contributed by atoms with Gasteiger partial charge in [0, 0.05) is 16.8 Å². The zero-order valence-electron chi connectivity index (χ0n) is 30.5. The molecule has 1 aliphatic rings. The van der Waals surface area contributed by atoms with Gasteiger partial charge < -0.3 is 4.90 Å². The molecule has 0 saturated carbocycles. The van der Waals surface area contributed by atoms with E-state index in [0.29, 0.717) is 0 Å². The number of nitrogens with zero attached hydrogens (tertiary/aromatic N) is 1. The molecule has 9 aromatic rings. The molecule has 0 aliphatic heterocycles. The summed E-state index contributed by atoms with van der Waals surface area (Å²) >= 11 is 0. The number of hydrogen-bond donors (Lipinski definition) is 0. The van der Waals surface area contributed by atoms with Gasteiger partial charge in [-0.15, -0.1) is 0 Å². The van der Waals surface area contributed by atoms with Crippen LogP contribution in [0.3, 0.4) is 0 Å². The summed E-state index contributed by atoms with van der Waals surface area (Å²) in [6.45, 7) is 4.82. The maximum atomic E-state index is 2.47. The Kier molecular flexibility index (Phi) is 7.56. The van der Waals surface area contributed by atoms with Crippen LogP contribution in [0.5, 0.6) is 0 Å². The van der Waals surface area contributed by atoms with Crippen molar-refractivity contribution < 1.29 is 0 Å². The highest BCUT2D eigenvalue weighted by molar-refractivity contribution is 6.11. The fourth-order valence-corrected chi connectivity index (χ4v) is 8.80. The van der Waals surface area contributed by atoms with Crippen molar-refractivity contribution in [3.63, 3.8) is 0 Å². The lowest BCUT2D eigenvalue weighted by Gasteiger charge is -2.40. The summed E-state index contributed by atoms with van der Waals surface area (Å²) in [7, 11) is 0. The normalized spacial score (nSPS) is 12.8. The third-order valence-corrected chi connectivity index (χ3v) is 11.4. The molecule has 1 aliphatic carbocycles. The Labute approximate surface area is 317 Å². The summed E-state index contributed by atoms with van der Waals surface area (Å²) in [6, 6.07) is 73.4. The van der Waals surface area contributed by atoms with Gasteiger partial charge in [0.15, 0.2) is 0 Å². The lowest BCUT2D eigenvalue weighted by Crippen LogP contribution is -2.27. The molecular formula is C53H39N. The lowest BCUT2D eigenvalue weighted by molar-refractivity contribution is 0.646. The minimum Gasteiger partial charge on any atom is -0.310 e. The highest BCUT2D eigenvalue weighted by atomic mass is 15.1. The third-order valence-electron chi connectivity index (χ3n) is 11.4. The summed E-state index contributed by atoms with van der Waals surface area (Å²) in [5.74, 6) is 0. The molecular weight excluding hydrogens is 651 g/mol. The van der Waals surface area contributed by atoms with Crippen LogP contribution in [0.2, 0.25) is 0 Å². The van der Waals surface area contributed by atoms with Crippen molar-refractivity contribution >= 4 is 38.6 Å². The summed E-state index contributed by atoms with van der Waals surface area (Å²) in [6.07, 6.45) is 0. The van der Waals surface area contributed by atoms with Crippen molar-refractivity contribution in [3.05, 3.63) is 211 Å². The second-order valence-electron chi connectivity index (χ2n) is 14.9. The first kappa shape index (κ1) is 32.0. The number of hydrogen-bond acceptors (Lipinski definition) is 1. The Hall–Kier alpha value is -6.70. The van der Waals surface area contributed by atoms with E-state index in [1.54, 1.807) is 0 Å². The van der Waals surface area contributed by atoms with Gasteiger partial charge in [0.2, 0.25) is 0 Å². The van der Waals surface area contributed by atoms with Crippen LogP contribution in [0.4, 0.5) is 17.1 Å². The van der Waals surface area contributed by atoms with Gasteiger partial charge in [0.1, 0.15) is 0 Å². The Morgan fingerprint density at radius 2 is 0.889 bits per heavy atom. The predicted octanol–water partition coefficient (Wildman–Crippen LogP) is 14.8. The zero-order chi connectivity index (χ0) is 36.2. The SMILES string of the molecule is CC1(C)c2c(cccc2N(c2ccc(-c3ccccc3)cc2)c2ccc(-c3ccccc3)cc2)-c2c(-c3ccc4ccccc4c3)ccc3cccc1c23. The topological polar surface area (TPSA) is 3.24 Å². The van der Waals surface area contributed by atoms with E-state index in [1.165, 1.54) is 82.9 Å². The van der Waals surface area contributed by atoms with Crippen LogP contribution in [0.1, 0.15) is 25.0 Å². The molecule has 1 heteroatoms. The lowest BCUT2D eigenvalue weighted by atomic mass is 9.66. The third kappa shape index (κ3) is 5.24. The van der Waals surface area contributed by atoms with Gasteiger partial charge in [-0.3, -0.25) is 0 Å². The number of rotatable bonds is 6. The summed E-state index contributed by atoms with van der Waals surface area (Å²) in [4.78, 5) is 2.47. The van der Waals surface area contributed by atoms with Crippen molar-refractivity contribution in [3.8, 4) is 44.5 Å². The minimum absolute atomic E-state index is 0.285. The number of anilines is 3. The average Bonchev–Trinajstić information content (AvgIpc) is 3.23. The molecule has 9 aromatic carbocycles. The molecule has 54 heavy (non-hydrogen) atoms. The molecule has 0 spiro atoms.